The van der Waals surface area contributed by atoms with E-state index in [4.69, 9.17) is 9.47 Å². The van der Waals surface area contributed by atoms with Crippen molar-refractivity contribution in [2.45, 2.75) is 39.8 Å². The predicted octanol–water partition coefficient (Wildman–Crippen LogP) is 2.34. The zero-order chi connectivity index (χ0) is 18.2. The first-order valence-corrected chi connectivity index (χ1v) is 8.06. The Morgan fingerprint density at radius 2 is 1.92 bits per heavy atom. The summed E-state index contributed by atoms with van der Waals surface area (Å²) in [5.74, 6) is 0.971. The molecule has 0 saturated carbocycles. The lowest BCUT2D eigenvalue weighted by Gasteiger charge is -2.23. The summed E-state index contributed by atoms with van der Waals surface area (Å²) >= 11 is 0. The average Bonchev–Trinajstić information content (AvgIpc) is 2.53. The summed E-state index contributed by atoms with van der Waals surface area (Å²) in [5, 5.41) is 6.35. The zero-order valence-electron chi connectivity index (χ0n) is 15.5. The number of aliphatic imine (C=N–C) groups is 1. The van der Waals surface area contributed by atoms with Gasteiger partial charge in [-0.1, -0.05) is 25.1 Å². The average molecular weight is 335 g/mol. The fourth-order valence-corrected chi connectivity index (χ4v) is 2.01. The van der Waals surface area contributed by atoms with Crippen molar-refractivity contribution < 1.29 is 14.3 Å². The van der Waals surface area contributed by atoms with Crippen molar-refractivity contribution in [3.63, 3.8) is 0 Å². The molecule has 6 nitrogen and oxygen atoms in total. The third kappa shape index (κ3) is 6.89. The Morgan fingerprint density at radius 1 is 1.25 bits per heavy atom. The van der Waals surface area contributed by atoms with Crippen LogP contribution in [0.5, 0.6) is 5.75 Å². The monoisotopic (exact) mass is 335 g/mol. The number of esters is 1. The van der Waals surface area contributed by atoms with Crippen LogP contribution in [0.15, 0.2) is 29.3 Å². The smallest absolute Gasteiger partial charge is 0.310 e. The number of ether oxygens (including phenoxy) is 2. The van der Waals surface area contributed by atoms with Crippen molar-refractivity contribution >= 4 is 11.9 Å². The number of nitrogens with one attached hydrogen (secondary N) is 2. The molecular weight excluding hydrogens is 306 g/mol. The van der Waals surface area contributed by atoms with Crippen molar-refractivity contribution in [3.05, 3.63) is 29.8 Å². The number of carbonyl (C=O) groups excluding carboxylic acids is 1. The first kappa shape index (κ1) is 19.8. The molecule has 0 fully saturated rings. The Labute approximate surface area is 144 Å². The van der Waals surface area contributed by atoms with Gasteiger partial charge < -0.3 is 20.1 Å². The van der Waals surface area contributed by atoms with Crippen molar-refractivity contribution in [2.24, 2.45) is 10.9 Å². The molecule has 1 aromatic rings. The number of hydrogen-bond donors (Lipinski definition) is 2. The van der Waals surface area contributed by atoms with Gasteiger partial charge in [-0.3, -0.25) is 9.79 Å². The molecule has 2 N–H and O–H groups in total. The molecule has 1 aromatic carbocycles. The van der Waals surface area contributed by atoms with Crippen LogP contribution in [0.2, 0.25) is 0 Å². The summed E-state index contributed by atoms with van der Waals surface area (Å²) in [6.07, 6.45) is 0. The van der Waals surface area contributed by atoms with Crippen molar-refractivity contribution in [2.75, 3.05) is 20.7 Å². The highest BCUT2D eigenvalue weighted by molar-refractivity contribution is 5.80. The molecule has 1 atom stereocenters. The molecule has 0 radical (unpaired) electrons. The molecule has 1 rings (SSSR count). The largest absolute Gasteiger partial charge is 0.488 e. The van der Waals surface area contributed by atoms with Crippen molar-refractivity contribution in [1.29, 1.82) is 0 Å². The molecule has 0 aliphatic carbocycles. The number of benzene rings is 1. The third-order valence-corrected chi connectivity index (χ3v) is 3.24. The van der Waals surface area contributed by atoms with E-state index in [1.807, 2.05) is 45.0 Å². The molecule has 0 bridgehead atoms. The van der Waals surface area contributed by atoms with Gasteiger partial charge in [0.15, 0.2) is 5.96 Å². The summed E-state index contributed by atoms with van der Waals surface area (Å²) in [6, 6.07) is 7.90. The quantitative estimate of drug-likeness (QED) is 0.474. The Morgan fingerprint density at radius 3 is 2.50 bits per heavy atom. The molecular formula is C18H29N3O3. The van der Waals surface area contributed by atoms with Gasteiger partial charge in [0.1, 0.15) is 11.4 Å². The van der Waals surface area contributed by atoms with Crippen molar-refractivity contribution in [3.8, 4) is 5.75 Å². The molecule has 0 aliphatic rings. The molecule has 0 heterocycles. The van der Waals surface area contributed by atoms with Crippen LogP contribution in [-0.4, -0.2) is 38.2 Å². The highest BCUT2D eigenvalue weighted by Crippen LogP contribution is 2.22. The Bertz CT molecular complexity index is 565. The normalized spacial score (nSPS) is 13.2. The molecule has 134 valence electrons. The maximum absolute atomic E-state index is 11.4. The van der Waals surface area contributed by atoms with E-state index in [9.17, 15) is 4.79 Å². The number of guanidine groups is 1. The van der Waals surface area contributed by atoms with E-state index in [1.165, 1.54) is 7.11 Å². The molecule has 0 aliphatic heterocycles. The standard InChI is InChI=1S/C18H29N3O3/c1-13(16(22)23-6)11-20-17(19-5)21-12-14-9-7-8-10-15(14)24-18(2,3)4/h7-10,13H,11-12H2,1-6H3,(H2,19,20,21). The summed E-state index contributed by atoms with van der Waals surface area (Å²) < 4.78 is 10.7. The lowest BCUT2D eigenvalue weighted by atomic mass is 10.1. The predicted molar refractivity (Wildman–Crippen MR) is 96.2 cm³/mol. The van der Waals surface area contributed by atoms with Crippen LogP contribution in [0.25, 0.3) is 0 Å². The van der Waals surface area contributed by atoms with E-state index in [1.54, 1.807) is 14.0 Å². The summed E-state index contributed by atoms with van der Waals surface area (Å²) in [5.41, 5.74) is 0.780. The van der Waals surface area contributed by atoms with Crippen LogP contribution >= 0.6 is 0 Å². The summed E-state index contributed by atoms with van der Waals surface area (Å²) in [6.45, 7) is 8.88. The van der Waals surface area contributed by atoms with Gasteiger partial charge in [-0.2, -0.15) is 0 Å². The van der Waals surface area contributed by atoms with Crippen molar-refractivity contribution in [1.82, 2.24) is 10.6 Å². The van der Waals surface area contributed by atoms with Gasteiger partial charge in [-0.25, -0.2) is 0 Å². The maximum atomic E-state index is 11.4. The second-order valence-corrected chi connectivity index (χ2v) is 6.55. The van der Waals surface area contributed by atoms with Crippen LogP contribution in [0.1, 0.15) is 33.3 Å². The van der Waals surface area contributed by atoms with Gasteiger partial charge in [0, 0.05) is 25.7 Å². The van der Waals surface area contributed by atoms with Gasteiger partial charge in [-0.05, 0) is 26.8 Å². The van der Waals surface area contributed by atoms with Gasteiger partial charge in [-0.15, -0.1) is 0 Å². The summed E-state index contributed by atoms with van der Waals surface area (Å²) in [4.78, 5) is 15.6. The third-order valence-electron chi connectivity index (χ3n) is 3.24. The fourth-order valence-electron chi connectivity index (χ4n) is 2.01. The Hall–Kier alpha value is -2.24. The van der Waals surface area contributed by atoms with Gasteiger partial charge in [0.05, 0.1) is 13.0 Å². The molecule has 24 heavy (non-hydrogen) atoms. The van der Waals surface area contributed by atoms with E-state index in [0.29, 0.717) is 19.0 Å². The molecule has 1 unspecified atom stereocenters. The highest BCUT2D eigenvalue weighted by atomic mass is 16.5. The number of para-hydroxylation sites is 1. The van der Waals surface area contributed by atoms with E-state index in [2.05, 4.69) is 15.6 Å². The molecule has 0 aromatic heterocycles. The Balaban J connectivity index is 2.62. The number of carbonyl (C=O) groups is 1. The van der Waals surface area contributed by atoms with Gasteiger partial charge >= 0.3 is 5.97 Å². The van der Waals surface area contributed by atoms with Gasteiger partial charge in [0.2, 0.25) is 0 Å². The molecule has 6 heteroatoms. The lowest BCUT2D eigenvalue weighted by molar-refractivity contribution is -0.144. The SMILES string of the molecule is CN=C(NCc1ccccc1OC(C)(C)C)NCC(C)C(=O)OC. The van der Waals surface area contributed by atoms with Crippen LogP contribution in [0.4, 0.5) is 0 Å². The van der Waals surface area contributed by atoms with E-state index in [-0.39, 0.29) is 17.5 Å². The second kappa shape index (κ2) is 9.15. The minimum Gasteiger partial charge on any atom is -0.488 e. The second-order valence-electron chi connectivity index (χ2n) is 6.55. The first-order chi connectivity index (χ1) is 11.3. The lowest BCUT2D eigenvalue weighted by Crippen LogP contribution is -2.40. The maximum Gasteiger partial charge on any atom is 0.310 e. The first-order valence-electron chi connectivity index (χ1n) is 8.06. The minimum atomic E-state index is -0.258. The highest BCUT2D eigenvalue weighted by Gasteiger charge is 2.15. The van der Waals surface area contributed by atoms with E-state index in [0.717, 1.165) is 11.3 Å². The van der Waals surface area contributed by atoms with Crippen LogP contribution in [0, 0.1) is 5.92 Å². The Kier molecular flexibility index (Phi) is 7.55. The van der Waals surface area contributed by atoms with Crippen LogP contribution < -0.4 is 15.4 Å². The zero-order valence-corrected chi connectivity index (χ0v) is 15.5. The van der Waals surface area contributed by atoms with Crippen LogP contribution in [0.3, 0.4) is 0 Å². The van der Waals surface area contributed by atoms with Gasteiger partial charge in [0.25, 0.3) is 0 Å². The van der Waals surface area contributed by atoms with Crippen LogP contribution in [-0.2, 0) is 16.1 Å². The number of nitrogens with zero attached hydrogens (tertiary/aromatic N) is 1. The molecule has 0 saturated heterocycles. The summed E-state index contributed by atoms with van der Waals surface area (Å²) in [7, 11) is 3.08. The number of methoxy groups -OCH3 is 1. The molecule has 0 spiro atoms. The number of hydrogen-bond acceptors (Lipinski definition) is 4. The van der Waals surface area contributed by atoms with E-state index < -0.39 is 0 Å². The minimum absolute atomic E-state index is 0.245. The molecule has 0 amide bonds. The van der Waals surface area contributed by atoms with E-state index >= 15 is 0 Å². The number of rotatable bonds is 6. The topological polar surface area (TPSA) is 72.0 Å². The fraction of sp³-hybridized carbons (Fsp3) is 0.556.